The first-order chi connectivity index (χ1) is 10.5. The number of H-pyrrole nitrogens is 1. The molecule has 2 aromatic rings. The van der Waals surface area contributed by atoms with Gasteiger partial charge in [0.15, 0.2) is 0 Å². The highest BCUT2D eigenvalue weighted by molar-refractivity contribution is 5.79. The Bertz CT molecular complexity index is 715. The fraction of sp³-hybridized carbons (Fsp3) is 0.267. The Labute approximate surface area is 126 Å². The Balaban J connectivity index is 2.16. The van der Waals surface area contributed by atoms with Gasteiger partial charge in [0, 0.05) is 25.1 Å². The molecule has 2 N–H and O–H groups in total. The van der Waals surface area contributed by atoms with E-state index in [2.05, 4.69) is 10.4 Å². The van der Waals surface area contributed by atoms with E-state index in [9.17, 15) is 14.4 Å². The predicted molar refractivity (Wildman–Crippen MR) is 81.0 cm³/mol. The summed E-state index contributed by atoms with van der Waals surface area (Å²) in [5, 5.41) is 5.74. The number of aryl methyl sites for hydroxylation is 1. The molecule has 2 rings (SSSR count). The molecule has 1 atom stereocenters. The summed E-state index contributed by atoms with van der Waals surface area (Å²) in [6.45, 7) is 0. The van der Waals surface area contributed by atoms with Crippen LogP contribution in [0, 0.1) is 0 Å². The maximum Gasteiger partial charge on any atom is 0.328 e. The SMILES string of the molecule is COC(=O)[C@H](Cc1ccc(C=O)cc1)Nc1cc(=O)n(C)[nH]1. The molecule has 22 heavy (non-hydrogen) atoms. The summed E-state index contributed by atoms with van der Waals surface area (Å²) < 4.78 is 6.08. The predicted octanol–water partition coefficient (Wildman–Crippen LogP) is 0.722. The number of hydrogen-bond acceptors (Lipinski definition) is 5. The van der Waals surface area contributed by atoms with E-state index in [1.165, 1.54) is 17.9 Å². The minimum Gasteiger partial charge on any atom is -0.467 e. The third-order valence-corrected chi connectivity index (χ3v) is 3.26. The van der Waals surface area contributed by atoms with Crippen LogP contribution >= 0.6 is 0 Å². The smallest absolute Gasteiger partial charge is 0.328 e. The number of aromatic nitrogens is 2. The second-order valence-corrected chi connectivity index (χ2v) is 4.85. The molecule has 0 amide bonds. The molecule has 0 fully saturated rings. The lowest BCUT2D eigenvalue weighted by Gasteiger charge is -2.16. The summed E-state index contributed by atoms with van der Waals surface area (Å²) in [5.74, 6) is -0.00317. The Morgan fingerprint density at radius 3 is 2.59 bits per heavy atom. The number of ether oxygens (including phenoxy) is 1. The van der Waals surface area contributed by atoms with Crippen LogP contribution in [0.1, 0.15) is 15.9 Å². The monoisotopic (exact) mass is 303 g/mol. The molecular formula is C15H17N3O4. The van der Waals surface area contributed by atoms with Gasteiger partial charge in [-0.3, -0.25) is 19.4 Å². The van der Waals surface area contributed by atoms with E-state index in [-0.39, 0.29) is 5.56 Å². The van der Waals surface area contributed by atoms with Crippen LogP contribution in [0.5, 0.6) is 0 Å². The van der Waals surface area contributed by atoms with Crippen LogP contribution < -0.4 is 10.9 Å². The van der Waals surface area contributed by atoms with Crippen LogP contribution in [-0.2, 0) is 23.0 Å². The number of benzene rings is 1. The fourth-order valence-electron chi connectivity index (χ4n) is 2.05. The summed E-state index contributed by atoms with van der Waals surface area (Å²) in [5.41, 5.74) is 1.23. The lowest BCUT2D eigenvalue weighted by molar-refractivity contribution is -0.141. The second kappa shape index (κ2) is 6.75. The van der Waals surface area contributed by atoms with Gasteiger partial charge in [0.25, 0.3) is 5.56 Å². The number of carbonyl (C=O) groups is 2. The highest BCUT2D eigenvalue weighted by atomic mass is 16.5. The fourth-order valence-corrected chi connectivity index (χ4v) is 2.05. The van der Waals surface area contributed by atoms with Crippen molar-refractivity contribution in [3.8, 4) is 0 Å². The third kappa shape index (κ3) is 3.63. The molecule has 0 saturated heterocycles. The van der Waals surface area contributed by atoms with Crippen molar-refractivity contribution in [2.45, 2.75) is 12.5 Å². The molecule has 1 aromatic heterocycles. The summed E-state index contributed by atoms with van der Waals surface area (Å²) in [6.07, 6.45) is 1.12. The molecule has 0 bridgehead atoms. The van der Waals surface area contributed by atoms with Gasteiger partial charge < -0.3 is 10.1 Å². The van der Waals surface area contributed by atoms with E-state index in [0.29, 0.717) is 17.8 Å². The van der Waals surface area contributed by atoms with Gasteiger partial charge in [-0.2, -0.15) is 0 Å². The average Bonchev–Trinajstić information content (AvgIpc) is 2.84. The molecule has 0 unspecified atom stereocenters. The van der Waals surface area contributed by atoms with Crippen molar-refractivity contribution >= 4 is 18.1 Å². The molecule has 0 spiro atoms. The Morgan fingerprint density at radius 1 is 1.41 bits per heavy atom. The van der Waals surface area contributed by atoms with Crippen LogP contribution in [-0.4, -0.2) is 35.2 Å². The zero-order valence-corrected chi connectivity index (χ0v) is 12.3. The Morgan fingerprint density at radius 2 is 2.09 bits per heavy atom. The van der Waals surface area contributed by atoms with Gasteiger partial charge in [-0.05, 0) is 5.56 Å². The van der Waals surface area contributed by atoms with Gasteiger partial charge in [-0.15, -0.1) is 0 Å². The quantitative estimate of drug-likeness (QED) is 0.606. The van der Waals surface area contributed by atoms with E-state index < -0.39 is 12.0 Å². The number of anilines is 1. The van der Waals surface area contributed by atoms with E-state index in [1.807, 2.05) is 0 Å². The number of carbonyl (C=O) groups excluding carboxylic acids is 2. The molecule has 7 nitrogen and oxygen atoms in total. The summed E-state index contributed by atoms with van der Waals surface area (Å²) >= 11 is 0. The molecule has 0 aliphatic rings. The van der Waals surface area contributed by atoms with Crippen LogP contribution in [0.4, 0.5) is 5.82 Å². The van der Waals surface area contributed by atoms with E-state index in [0.717, 1.165) is 11.8 Å². The van der Waals surface area contributed by atoms with Crippen molar-refractivity contribution in [1.29, 1.82) is 0 Å². The van der Waals surface area contributed by atoms with Crippen LogP contribution in [0.3, 0.4) is 0 Å². The highest BCUT2D eigenvalue weighted by Crippen LogP contribution is 2.10. The van der Waals surface area contributed by atoms with Gasteiger partial charge in [-0.25, -0.2) is 4.79 Å². The van der Waals surface area contributed by atoms with Crippen molar-refractivity contribution in [3.05, 3.63) is 51.8 Å². The van der Waals surface area contributed by atoms with Crippen LogP contribution in [0.25, 0.3) is 0 Å². The number of methoxy groups -OCH3 is 1. The van der Waals surface area contributed by atoms with Crippen molar-refractivity contribution in [2.75, 3.05) is 12.4 Å². The van der Waals surface area contributed by atoms with E-state index in [4.69, 9.17) is 4.74 Å². The van der Waals surface area contributed by atoms with Crippen LogP contribution in [0.15, 0.2) is 35.1 Å². The van der Waals surface area contributed by atoms with E-state index >= 15 is 0 Å². The molecule has 1 aromatic carbocycles. The zero-order chi connectivity index (χ0) is 16.1. The normalized spacial score (nSPS) is 11.7. The van der Waals surface area contributed by atoms with Crippen molar-refractivity contribution in [3.63, 3.8) is 0 Å². The first kappa shape index (κ1) is 15.6. The first-order valence-corrected chi connectivity index (χ1v) is 6.68. The molecule has 0 aliphatic heterocycles. The molecule has 7 heteroatoms. The summed E-state index contributed by atoms with van der Waals surface area (Å²) in [4.78, 5) is 34.0. The standard InChI is InChI=1S/C15H17N3O4/c1-18-14(20)8-13(17-18)16-12(15(21)22-2)7-10-3-5-11(9-19)6-4-10/h3-6,8-9,12,16-17H,7H2,1-2H3/t12-/m0/s1. The second-order valence-electron chi connectivity index (χ2n) is 4.85. The maximum absolute atomic E-state index is 11.9. The Hall–Kier alpha value is -2.83. The van der Waals surface area contributed by atoms with Crippen molar-refractivity contribution < 1.29 is 14.3 Å². The minimum absolute atomic E-state index is 0.207. The molecule has 0 radical (unpaired) electrons. The zero-order valence-electron chi connectivity index (χ0n) is 12.3. The minimum atomic E-state index is -0.648. The van der Waals surface area contributed by atoms with Gasteiger partial charge in [-0.1, -0.05) is 24.3 Å². The first-order valence-electron chi connectivity index (χ1n) is 6.68. The molecule has 0 saturated carbocycles. The number of esters is 1. The third-order valence-electron chi connectivity index (χ3n) is 3.26. The van der Waals surface area contributed by atoms with E-state index in [1.54, 1.807) is 31.3 Å². The van der Waals surface area contributed by atoms with Gasteiger partial charge in [0.1, 0.15) is 18.1 Å². The average molecular weight is 303 g/mol. The lowest BCUT2D eigenvalue weighted by Crippen LogP contribution is -2.33. The molecule has 116 valence electrons. The van der Waals surface area contributed by atoms with Crippen LogP contribution in [0.2, 0.25) is 0 Å². The number of aromatic amines is 1. The summed E-state index contributed by atoms with van der Waals surface area (Å²) in [6, 6.07) is 7.63. The molecular weight excluding hydrogens is 286 g/mol. The highest BCUT2D eigenvalue weighted by Gasteiger charge is 2.20. The largest absolute Gasteiger partial charge is 0.467 e. The van der Waals surface area contributed by atoms with Crippen molar-refractivity contribution in [2.24, 2.45) is 7.05 Å². The Kier molecular flexibility index (Phi) is 4.77. The maximum atomic E-state index is 11.9. The van der Waals surface area contributed by atoms with Crippen molar-refractivity contribution in [1.82, 2.24) is 9.78 Å². The number of nitrogens with zero attached hydrogens (tertiary/aromatic N) is 1. The lowest BCUT2D eigenvalue weighted by atomic mass is 10.0. The molecule has 0 aliphatic carbocycles. The van der Waals surface area contributed by atoms with Gasteiger partial charge in [0.2, 0.25) is 0 Å². The number of rotatable bonds is 6. The number of nitrogens with one attached hydrogen (secondary N) is 2. The summed E-state index contributed by atoms with van der Waals surface area (Å²) in [7, 11) is 2.89. The van der Waals surface area contributed by atoms with Gasteiger partial charge in [0.05, 0.1) is 7.11 Å². The topological polar surface area (TPSA) is 93.2 Å². The number of aldehydes is 1. The number of hydrogen-bond donors (Lipinski definition) is 2. The van der Waals surface area contributed by atoms with Gasteiger partial charge >= 0.3 is 5.97 Å². The molecule has 1 heterocycles.